The van der Waals surface area contributed by atoms with Gasteiger partial charge in [0.25, 0.3) is 0 Å². The van der Waals surface area contributed by atoms with Crippen molar-refractivity contribution in [1.29, 1.82) is 0 Å². The molecule has 1 saturated heterocycles. The molecule has 1 unspecified atom stereocenters. The number of rotatable bonds is 5. The second-order valence-corrected chi connectivity index (χ2v) is 6.14. The van der Waals surface area contributed by atoms with Crippen LogP contribution >= 0.6 is 11.3 Å². The average Bonchev–Trinajstić information content (AvgIpc) is 2.94. The van der Waals surface area contributed by atoms with E-state index >= 15 is 0 Å². The van der Waals surface area contributed by atoms with E-state index in [1.165, 1.54) is 10.6 Å². The minimum atomic E-state index is 0.365. The number of ether oxygens (including phenoxy) is 1. The first-order valence-electron chi connectivity index (χ1n) is 6.57. The molecular formula is C13H23N3OS. The van der Waals surface area contributed by atoms with Crippen LogP contribution < -0.4 is 10.2 Å². The Balaban J connectivity index is 2.16. The molecule has 1 aromatic heterocycles. The summed E-state index contributed by atoms with van der Waals surface area (Å²) in [5.41, 5.74) is 1.24. The first kappa shape index (κ1) is 13.8. The van der Waals surface area contributed by atoms with Gasteiger partial charge in [-0.3, -0.25) is 0 Å². The highest BCUT2D eigenvalue weighted by molar-refractivity contribution is 7.15. The molecule has 0 radical (unpaired) electrons. The van der Waals surface area contributed by atoms with Crippen molar-refractivity contribution in [3.63, 3.8) is 0 Å². The Bertz CT molecular complexity index is 392. The number of hydrogen-bond acceptors (Lipinski definition) is 5. The van der Waals surface area contributed by atoms with Crippen molar-refractivity contribution >= 4 is 16.5 Å². The van der Waals surface area contributed by atoms with Crippen molar-refractivity contribution in [2.75, 3.05) is 32.1 Å². The van der Waals surface area contributed by atoms with E-state index in [4.69, 9.17) is 9.72 Å². The average molecular weight is 269 g/mol. The van der Waals surface area contributed by atoms with E-state index in [1.54, 1.807) is 7.11 Å². The molecule has 1 aliphatic heterocycles. The lowest BCUT2D eigenvalue weighted by Gasteiger charge is -2.14. The Morgan fingerprint density at radius 2 is 2.33 bits per heavy atom. The van der Waals surface area contributed by atoms with Crippen molar-refractivity contribution in [1.82, 2.24) is 10.3 Å². The van der Waals surface area contributed by atoms with Gasteiger partial charge in [-0.2, -0.15) is 0 Å². The molecule has 0 spiro atoms. The van der Waals surface area contributed by atoms with E-state index in [-0.39, 0.29) is 0 Å². The zero-order valence-electron chi connectivity index (χ0n) is 11.7. The van der Waals surface area contributed by atoms with Crippen molar-refractivity contribution in [2.24, 2.45) is 0 Å². The summed E-state index contributed by atoms with van der Waals surface area (Å²) in [5, 5.41) is 4.39. The Labute approximate surface area is 113 Å². The molecule has 4 nitrogen and oxygen atoms in total. The zero-order valence-corrected chi connectivity index (χ0v) is 12.5. The van der Waals surface area contributed by atoms with Crippen LogP contribution in [0, 0.1) is 0 Å². The minimum absolute atomic E-state index is 0.365. The Morgan fingerprint density at radius 3 is 2.89 bits per heavy atom. The van der Waals surface area contributed by atoms with Crippen LogP contribution in [0.3, 0.4) is 0 Å². The van der Waals surface area contributed by atoms with Crippen LogP contribution in [-0.2, 0) is 11.3 Å². The van der Waals surface area contributed by atoms with Gasteiger partial charge in [0, 0.05) is 31.6 Å². The summed E-state index contributed by atoms with van der Waals surface area (Å²) in [4.78, 5) is 8.54. The summed E-state index contributed by atoms with van der Waals surface area (Å²) in [5.74, 6) is 0.485. The Kier molecular flexibility index (Phi) is 4.59. The quantitative estimate of drug-likeness (QED) is 0.889. The number of thiazole rings is 1. The van der Waals surface area contributed by atoms with Crippen LogP contribution in [0.25, 0.3) is 0 Å². The number of hydrogen-bond donors (Lipinski definition) is 1. The van der Waals surface area contributed by atoms with Crippen molar-refractivity contribution in [3.8, 4) is 0 Å². The van der Waals surface area contributed by atoms with Crippen LogP contribution in [-0.4, -0.2) is 38.3 Å². The van der Waals surface area contributed by atoms with Gasteiger partial charge in [-0.05, 0) is 19.4 Å². The lowest BCUT2D eigenvalue weighted by Crippen LogP contribution is -2.21. The molecule has 1 fully saturated rings. The van der Waals surface area contributed by atoms with Gasteiger partial charge in [0.15, 0.2) is 5.13 Å². The lowest BCUT2D eigenvalue weighted by atomic mass is 10.1. The summed E-state index contributed by atoms with van der Waals surface area (Å²) in [6.45, 7) is 7.36. The first-order valence-corrected chi connectivity index (χ1v) is 7.39. The van der Waals surface area contributed by atoms with E-state index in [0.29, 0.717) is 12.0 Å². The number of nitrogens with zero attached hydrogens (tertiary/aromatic N) is 2. The topological polar surface area (TPSA) is 37.4 Å². The van der Waals surface area contributed by atoms with Crippen LogP contribution in [0.1, 0.15) is 36.8 Å². The summed E-state index contributed by atoms with van der Waals surface area (Å²) >= 11 is 1.82. The molecule has 0 amide bonds. The zero-order chi connectivity index (χ0) is 13.1. The molecule has 18 heavy (non-hydrogen) atoms. The van der Waals surface area contributed by atoms with Gasteiger partial charge in [0.05, 0.1) is 11.8 Å². The molecule has 0 bridgehead atoms. The fourth-order valence-corrected chi connectivity index (χ4v) is 3.58. The number of anilines is 1. The summed E-state index contributed by atoms with van der Waals surface area (Å²) in [6, 6.07) is 0. The predicted octanol–water partition coefficient (Wildman–Crippen LogP) is 2.21. The van der Waals surface area contributed by atoms with E-state index in [1.807, 2.05) is 18.4 Å². The van der Waals surface area contributed by atoms with E-state index in [0.717, 1.165) is 31.2 Å². The maximum absolute atomic E-state index is 5.42. The second kappa shape index (κ2) is 5.99. The maximum atomic E-state index is 5.42. The van der Waals surface area contributed by atoms with E-state index in [2.05, 4.69) is 24.1 Å². The van der Waals surface area contributed by atoms with Crippen LogP contribution in [0.15, 0.2) is 0 Å². The number of nitrogens with one attached hydrogen (secondary N) is 1. The molecule has 2 heterocycles. The van der Waals surface area contributed by atoms with Gasteiger partial charge < -0.3 is 15.0 Å². The Hall–Kier alpha value is -0.650. The summed E-state index contributed by atoms with van der Waals surface area (Å²) in [6.07, 6.45) is 1.47. The second-order valence-electron chi connectivity index (χ2n) is 5.08. The van der Waals surface area contributed by atoms with E-state index in [9.17, 15) is 0 Å². The molecular weight excluding hydrogens is 246 g/mol. The fraction of sp³-hybridized carbons (Fsp3) is 0.769. The summed E-state index contributed by atoms with van der Waals surface area (Å²) < 4.78 is 5.42. The molecule has 1 aromatic rings. The SMILES string of the molecule is CNCc1sc(N2CCC(OC)C2)nc1C(C)C. The number of aromatic nitrogens is 1. The smallest absolute Gasteiger partial charge is 0.185 e. The minimum Gasteiger partial charge on any atom is -0.380 e. The monoisotopic (exact) mass is 269 g/mol. The Morgan fingerprint density at radius 1 is 1.56 bits per heavy atom. The van der Waals surface area contributed by atoms with Gasteiger partial charge in [-0.1, -0.05) is 13.8 Å². The molecule has 0 aromatic carbocycles. The standard InChI is InChI=1S/C13H23N3OS/c1-9(2)12-11(7-14-3)18-13(15-12)16-6-5-10(8-16)17-4/h9-10,14H,5-8H2,1-4H3. The molecule has 2 rings (SSSR count). The fourth-order valence-electron chi connectivity index (χ4n) is 2.32. The third-order valence-corrected chi connectivity index (χ3v) is 4.48. The van der Waals surface area contributed by atoms with Gasteiger partial charge in [-0.15, -0.1) is 11.3 Å². The van der Waals surface area contributed by atoms with Gasteiger partial charge in [-0.25, -0.2) is 4.98 Å². The third kappa shape index (κ3) is 2.84. The molecule has 0 aliphatic carbocycles. The highest BCUT2D eigenvalue weighted by Gasteiger charge is 2.25. The normalized spacial score (nSPS) is 20.1. The van der Waals surface area contributed by atoms with Crippen molar-refractivity contribution < 1.29 is 4.74 Å². The third-order valence-electron chi connectivity index (χ3n) is 3.35. The molecule has 5 heteroatoms. The molecule has 0 saturated carbocycles. The largest absolute Gasteiger partial charge is 0.380 e. The lowest BCUT2D eigenvalue weighted by molar-refractivity contribution is 0.121. The molecule has 1 aliphatic rings. The van der Waals surface area contributed by atoms with Crippen LogP contribution in [0.2, 0.25) is 0 Å². The predicted molar refractivity (Wildman–Crippen MR) is 76.6 cm³/mol. The van der Waals surface area contributed by atoms with Crippen LogP contribution in [0.5, 0.6) is 0 Å². The molecule has 102 valence electrons. The van der Waals surface area contributed by atoms with Crippen LogP contribution in [0.4, 0.5) is 5.13 Å². The summed E-state index contributed by atoms with van der Waals surface area (Å²) in [7, 11) is 3.78. The highest BCUT2D eigenvalue weighted by Crippen LogP contribution is 2.32. The maximum Gasteiger partial charge on any atom is 0.185 e. The molecule has 1 atom stereocenters. The van der Waals surface area contributed by atoms with Crippen molar-refractivity contribution in [2.45, 2.75) is 38.8 Å². The first-order chi connectivity index (χ1) is 8.65. The highest BCUT2D eigenvalue weighted by atomic mass is 32.1. The van der Waals surface area contributed by atoms with E-state index < -0.39 is 0 Å². The van der Waals surface area contributed by atoms with Gasteiger partial charge in [0.2, 0.25) is 0 Å². The molecule has 1 N–H and O–H groups in total. The number of methoxy groups -OCH3 is 1. The van der Waals surface area contributed by atoms with Gasteiger partial charge in [0.1, 0.15) is 0 Å². The van der Waals surface area contributed by atoms with Crippen molar-refractivity contribution in [3.05, 3.63) is 10.6 Å². The van der Waals surface area contributed by atoms with Gasteiger partial charge >= 0.3 is 0 Å².